The van der Waals surface area contributed by atoms with Crippen molar-refractivity contribution in [3.63, 3.8) is 0 Å². The summed E-state index contributed by atoms with van der Waals surface area (Å²) >= 11 is 1.81. The molecule has 2 rings (SSSR count). The van der Waals surface area contributed by atoms with E-state index in [2.05, 4.69) is 5.10 Å². The van der Waals surface area contributed by atoms with Crippen molar-refractivity contribution in [3.8, 4) is 0 Å². The van der Waals surface area contributed by atoms with Crippen LogP contribution < -0.4 is 5.56 Å². The number of aromatic nitrogens is 2. The highest BCUT2D eigenvalue weighted by Crippen LogP contribution is 2.20. The second kappa shape index (κ2) is 4.18. The standard InChI is InChI=1S/C10H12N2O2S/c1-7(13)5-12-10(14)4-8-6-15-3-2-9(8)11-12/h4H,2-3,5-6H2,1H3. The number of Topliss-reactive ketones (excluding diaryl/α,β-unsaturated/α-hetero) is 1. The van der Waals surface area contributed by atoms with E-state index in [0.717, 1.165) is 29.2 Å². The van der Waals surface area contributed by atoms with Gasteiger partial charge in [0.15, 0.2) is 5.78 Å². The predicted octanol–water partition coefficient (Wildman–Crippen LogP) is 0.622. The molecule has 2 heterocycles. The molecule has 0 saturated heterocycles. The van der Waals surface area contributed by atoms with E-state index in [1.54, 1.807) is 6.07 Å². The molecule has 4 nitrogen and oxygen atoms in total. The minimum Gasteiger partial charge on any atom is -0.298 e. The maximum atomic E-state index is 11.6. The summed E-state index contributed by atoms with van der Waals surface area (Å²) in [5, 5.41) is 4.22. The molecule has 0 N–H and O–H groups in total. The number of hydrogen-bond donors (Lipinski definition) is 0. The second-order valence-electron chi connectivity index (χ2n) is 3.62. The van der Waals surface area contributed by atoms with Crippen LogP contribution in [0.4, 0.5) is 0 Å². The summed E-state index contributed by atoms with van der Waals surface area (Å²) in [7, 11) is 0. The highest BCUT2D eigenvalue weighted by Gasteiger charge is 2.13. The smallest absolute Gasteiger partial charge is 0.267 e. The zero-order chi connectivity index (χ0) is 10.8. The van der Waals surface area contributed by atoms with Gasteiger partial charge in [-0.15, -0.1) is 0 Å². The molecule has 1 aliphatic rings. The quantitative estimate of drug-likeness (QED) is 0.739. The zero-order valence-electron chi connectivity index (χ0n) is 8.52. The van der Waals surface area contributed by atoms with Gasteiger partial charge in [0.2, 0.25) is 0 Å². The molecule has 5 heteroatoms. The van der Waals surface area contributed by atoms with E-state index >= 15 is 0 Å². The number of thioether (sulfide) groups is 1. The Hall–Kier alpha value is -1.10. The molecule has 0 spiro atoms. The third kappa shape index (κ3) is 2.28. The SMILES string of the molecule is CC(=O)Cn1nc2c(cc1=O)CSCC2. The van der Waals surface area contributed by atoms with E-state index < -0.39 is 0 Å². The minimum atomic E-state index is -0.175. The highest BCUT2D eigenvalue weighted by molar-refractivity contribution is 7.98. The van der Waals surface area contributed by atoms with Gasteiger partial charge in [0, 0.05) is 18.2 Å². The molecule has 1 aliphatic heterocycles. The molecule has 0 radical (unpaired) electrons. The van der Waals surface area contributed by atoms with Gasteiger partial charge in [0.05, 0.1) is 5.69 Å². The predicted molar refractivity (Wildman–Crippen MR) is 59.0 cm³/mol. The van der Waals surface area contributed by atoms with E-state index in [1.807, 2.05) is 11.8 Å². The lowest BCUT2D eigenvalue weighted by atomic mass is 10.2. The third-order valence-electron chi connectivity index (χ3n) is 2.28. The van der Waals surface area contributed by atoms with Crippen LogP contribution in [-0.4, -0.2) is 21.3 Å². The second-order valence-corrected chi connectivity index (χ2v) is 4.72. The monoisotopic (exact) mass is 224 g/mol. The summed E-state index contributed by atoms with van der Waals surface area (Å²) in [6.07, 6.45) is 0.887. The van der Waals surface area contributed by atoms with Crippen LogP contribution in [0.3, 0.4) is 0 Å². The summed E-state index contributed by atoms with van der Waals surface area (Å²) in [6.45, 7) is 1.54. The molecule has 0 aliphatic carbocycles. The maximum absolute atomic E-state index is 11.6. The van der Waals surface area contributed by atoms with Crippen LogP contribution in [0.15, 0.2) is 10.9 Å². The van der Waals surface area contributed by atoms with Crippen molar-refractivity contribution in [3.05, 3.63) is 27.7 Å². The van der Waals surface area contributed by atoms with Crippen molar-refractivity contribution in [1.82, 2.24) is 9.78 Å². The molecule has 1 aromatic heterocycles. The number of fused-ring (bicyclic) bond motifs is 1. The fourth-order valence-electron chi connectivity index (χ4n) is 1.58. The Balaban J connectivity index is 2.40. The Morgan fingerprint density at radius 2 is 2.47 bits per heavy atom. The van der Waals surface area contributed by atoms with Gasteiger partial charge in [-0.05, 0) is 18.2 Å². The summed E-state index contributed by atoms with van der Waals surface area (Å²) in [4.78, 5) is 22.5. The third-order valence-corrected chi connectivity index (χ3v) is 3.29. The van der Waals surface area contributed by atoms with E-state index in [1.165, 1.54) is 11.6 Å². The number of aryl methyl sites for hydroxylation is 1. The average Bonchev–Trinajstić information content (AvgIpc) is 2.18. The Morgan fingerprint density at radius 3 is 3.20 bits per heavy atom. The molecule has 1 aromatic rings. The Kier molecular flexibility index (Phi) is 2.90. The van der Waals surface area contributed by atoms with Crippen molar-refractivity contribution < 1.29 is 4.79 Å². The van der Waals surface area contributed by atoms with E-state index in [-0.39, 0.29) is 17.9 Å². The molecule has 0 fully saturated rings. The van der Waals surface area contributed by atoms with Crippen molar-refractivity contribution >= 4 is 17.5 Å². The van der Waals surface area contributed by atoms with Gasteiger partial charge in [-0.25, -0.2) is 4.68 Å². The van der Waals surface area contributed by atoms with Crippen LogP contribution in [0.1, 0.15) is 18.2 Å². The van der Waals surface area contributed by atoms with Gasteiger partial charge in [0.25, 0.3) is 5.56 Å². The van der Waals surface area contributed by atoms with Gasteiger partial charge in [0.1, 0.15) is 6.54 Å². The molecule has 0 unspecified atom stereocenters. The van der Waals surface area contributed by atoms with Crippen LogP contribution in [0.2, 0.25) is 0 Å². The molecule has 15 heavy (non-hydrogen) atoms. The lowest BCUT2D eigenvalue weighted by molar-refractivity contribution is -0.117. The van der Waals surface area contributed by atoms with Gasteiger partial charge < -0.3 is 0 Å². The normalized spacial score (nSPS) is 14.7. The Bertz CT molecular complexity index is 453. The first-order chi connectivity index (χ1) is 7.16. The van der Waals surface area contributed by atoms with Crippen LogP contribution in [0.25, 0.3) is 0 Å². The number of carbonyl (C=O) groups is 1. The zero-order valence-corrected chi connectivity index (χ0v) is 9.34. The van der Waals surface area contributed by atoms with Crippen LogP contribution >= 0.6 is 11.8 Å². The Labute approximate surface area is 91.7 Å². The molecule has 0 amide bonds. The number of hydrogen-bond acceptors (Lipinski definition) is 4. The fourth-order valence-corrected chi connectivity index (χ4v) is 2.53. The van der Waals surface area contributed by atoms with Gasteiger partial charge in [-0.2, -0.15) is 16.9 Å². The molecular formula is C10H12N2O2S. The van der Waals surface area contributed by atoms with Gasteiger partial charge in [-0.3, -0.25) is 9.59 Å². The lowest BCUT2D eigenvalue weighted by Gasteiger charge is -2.14. The van der Waals surface area contributed by atoms with Crippen LogP contribution in [0.5, 0.6) is 0 Å². The Morgan fingerprint density at radius 1 is 1.67 bits per heavy atom. The van der Waals surface area contributed by atoms with E-state index in [9.17, 15) is 9.59 Å². The largest absolute Gasteiger partial charge is 0.298 e. The van der Waals surface area contributed by atoms with Crippen molar-refractivity contribution in [1.29, 1.82) is 0 Å². The van der Waals surface area contributed by atoms with Crippen molar-refractivity contribution in [2.24, 2.45) is 0 Å². The molecule has 80 valence electrons. The summed E-state index contributed by atoms with van der Waals surface area (Å²) in [5.41, 5.74) is 1.82. The molecule has 0 bridgehead atoms. The van der Waals surface area contributed by atoms with Crippen LogP contribution in [-0.2, 0) is 23.5 Å². The molecule has 0 aromatic carbocycles. The first-order valence-corrected chi connectivity index (χ1v) is 5.99. The van der Waals surface area contributed by atoms with Gasteiger partial charge >= 0.3 is 0 Å². The van der Waals surface area contributed by atoms with Crippen LogP contribution in [0, 0.1) is 0 Å². The molecular weight excluding hydrogens is 212 g/mol. The highest BCUT2D eigenvalue weighted by atomic mass is 32.2. The average molecular weight is 224 g/mol. The first-order valence-electron chi connectivity index (χ1n) is 4.84. The lowest BCUT2D eigenvalue weighted by Crippen LogP contribution is -2.28. The number of nitrogens with zero attached hydrogens (tertiary/aromatic N) is 2. The fraction of sp³-hybridized carbons (Fsp3) is 0.500. The number of carbonyl (C=O) groups excluding carboxylic acids is 1. The summed E-state index contributed by atoms with van der Waals surface area (Å²) in [6, 6.07) is 1.61. The number of ketones is 1. The van der Waals surface area contributed by atoms with E-state index in [0.29, 0.717) is 0 Å². The molecule has 0 atom stereocenters. The van der Waals surface area contributed by atoms with Crippen molar-refractivity contribution in [2.75, 3.05) is 5.75 Å². The summed E-state index contributed by atoms with van der Waals surface area (Å²) in [5.74, 6) is 1.85. The first kappa shape index (κ1) is 10.4. The number of rotatable bonds is 2. The summed E-state index contributed by atoms with van der Waals surface area (Å²) < 4.78 is 1.26. The maximum Gasteiger partial charge on any atom is 0.267 e. The van der Waals surface area contributed by atoms with E-state index in [4.69, 9.17) is 0 Å². The van der Waals surface area contributed by atoms with Gasteiger partial charge in [-0.1, -0.05) is 0 Å². The van der Waals surface area contributed by atoms with Crippen molar-refractivity contribution in [2.45, 2.75) is 25.6 Å². The molecule has 0 saturated carbocycles. The minimum absolute atomic E-state index is 0.0465. The topological polar surface area (TPSA) is 52.0 Å².